The quantitative estimate of drug-likeness (QED) is 0.662. The first kappa shape index (κ1) is 7.75. The largest absolute Gasteiger partial charge is 0.382 e. The summed E-state index contributed by atoms with van der Waals surface area (Å²) in [7, 11) is 0. The van der Waals surface area contributed by atoms with Crippen LogP contribution in [0.4, 0.5) is 5.82 Å². The van der Waals surface area contributed by atoms with Gasteiger partial charge in [-0.3, -0.25) is 0 Å². The van der Waals surface area contributed by atoms with Crippen LogP contribution in [0.25, 0.3) is 5.52 Å². The van der Waals surface area contributed by atoms with Gasteiger partial charge in [0, 0.05) is 25.2 Å². The maximum atomic E-state index is 5.83. The fourth-order valence-electron chi connectivity index (χ4n) is 1.84. The molecule has 3 N–H and O–H groups in total. The van der Waals surface area contributed by atoms with Gasteiger partial charge in [-0.15, -0.1) is 0 Å². The Morgan fingerprint density at radius 3 is 3.07 bits per heavy atom. The van der Waals surface area contributed by atoms with E-state index < -0.39 is 0 Å². The highest BCUT2D eigenvalue weighted by Crippen LogP contribution is 2.27. The van der Waals surface area contributed by atoms with Crippen LogP contribution >= 0.6 is 0 Å². The third-order valence-corrected chi connectivity index (χ3v) is 2.73. The maximum Gasteiger partial charge on any atom is 0.151 e. The lowest BCUT2D eigenvalue weighted by Gasteiger charge is -2.26. The van der Waals surface area contributed by atoms with Crippen molar-refractivity contribution in [1.82, 2.24) is 19.9 Å². The van der Waals surface area contributed by atoms with Crippen LogP contribution in [-0.4, -0.2) is 27.7 Å². The summed E-state index contributed by atoms with van der Waals surface area (Å²) in [5, 5.41) is 7.35. The van der Waals surface area contributed by atoms with E-state index in [4.69, 9.17) is 5.73 Å². The number of nitrogens with one attached hydrogen (secondary N) is 1. The molecule has 0 radical (unpaired) electrons. The fraction of sp³-hybridized carbons (Fsp3) is 0.333. The van der Waals surface area contributed by atoms with Gasteiger partial charge in [0.2, 0.25) is 0 Å². The summed E-state index contributed by atoms with van der Waals surface area (Å²) >= 11 is 0. The Morgan fingerprint density at radius 1 is 1.50 bits per heavy atom. The SMILES string of the molecule is Nc1ncnn2ccc(C3CNC3)c12. The molecule has 1 aliphatic heterocycles. The van der Waals surface area contributed by atoms with Crippen LogP contribution in [0.1, 0.15) is 11.5 Å². The smallest absolute Gasteiger partial charge is 0.151 e. The van der Waals surface area contributed by atoms with Crippen molar-refractivity contribution in [1.29, 1.82) is 0 Å². The van der Waals surface area contributed by atoms with E-state index in [0.717, 1.165) is 18.6 Å². The zero-order chi connectivity index (χ0) is 9.54. The van der Waals surface area contributed by atoms with Gasteiger partial charge in [0.1, 0.15) is 11.8 Å². The molecule has 5 heteroatoms. The number of nitrogens with zero attached hydrogens (tertiary/aromatic N) is 3. The number of anilines is 1. The van der Waals surface area contributed by atoms with Gasteiger partial charge in [-0.25, -0.2) is 9.50 Å². The molecule has 0 spiro atoms. The van der Waals surface area contributed by atoms with Crippen molar-refractivity contribution in [3.05, 3.63) is 24.2 Å². The number of hydrogen-bond acceptors (Lipinski definition) is 4. The third kappa shape index (κ3) is 0.927. The Labute approximate surface area is 80.9 Å². The number of rotatable bonds is 1. The normalized spacial score (nSPS) is 17.1. The molecule has 0 saturated carbocycles. The van der Waals surface area contributed by atoms with Crippen LogP contribution in [0.15, 0.2) is 18.6 Å². The van der Waals surface area contributed by atoms with Crippen LogP contribution < -0.4 is 11.1 Å². The van der Waals surface area contributed by atoms with E-state index in [2.05, 4.69) is 21.5 Å². The van der Waals surface area contributed by atoms with Crippen molar-refractivity contribution >= 4 is 11.3 Å². The minimum absolute atomic E-state index is 0.562. The molecule has 2 aromatic rings. The Kier molecular flexibility index (Phi) is 1.49. The standard InChI is InChI=1S/C9H11N5/c10-9-8-7(6-3-11-4-6)1-2-14(8)13-5-12-9/h1-2,5-6,11H,3-4H2,(H2,10,12,13). The molecule has 1 saturated heterocycles. The monoisotopic (exact) mass is 189 g/mol. The number of nitrogen functional groups attached to an aromatic ring is 1. The second-order valence-corrected chi connectivity index (χ2v) is 3.56. The van der Waals surface area contributed by atoms with Gasteiger partial charge >= 0.3 is 0 Å². The summed E-state index contributed by atoms with van der Waals surface area (Å²) in [4.78, 5) is 4.01. The molecule has 14 heavy (non-hydrogen) atoms. The first-order valence-electron chi connectivity index (χ1n) is 4.64. The predicted octanol–water partition coefficient (Wildman–Crippen LogP) is -0.00170. The molecule has 0 atom stereocenters. The van der Waals surface area contributed by atoms with Crippen molar-refractivity contribution in [2.75, 3.05) is 18.8 Å². The number of hydrogen-bond donors (Lipinski definition) is 2. The summed E-state index contributed by atoms with van der Waals surface area (Å²) in [5.41, 5.74) is 8.03. The van der Waals surface area contributed by atoms with Crippen LogP contribution in [0.3, 0.4) is 0 Å². The van der Waals surface area contributed by atoms with Gasteiger partial charge in [0.05, 0.1) is 0 Å². The van der Waals surface area contributed by atoms with E-state index in [9.17, 15) is 0 Å². The molecule has 5 nitrogen and oxygen atoms in total. The highest BCUT2D eigenvalue weighted by atomic mass is 15.2. The van der Waals surface area contributed by atoms with Gasteiger partial charge in [-0.1, -0.05) is 0 Å². The van der Waals surface area contributed by atoms with E-state index in [1.807, 2.05) is 6.20 Å². The number of nitrogens with two attached hydrogens (primary N) is 1. The van der Waals surface area contributed by atoms with E-state index in [0.29, 0.717) is 11.7 Å². The van der Waals surface area contributed by atoms with Gasteiger partial charge in [-0.05, 0) is 11.6 Å². The van der Waals surface area contributed by atoms with Crippen molar-refractivity contribution < 1.29 is 0 Å². The molecule has 0 aromatic carbocycles. The maximum absolute atomic E-state index is 5.83. The summed E-state index contributed by atoms with van der Waals surface area (Å²) < 4.78 is 1.79. The lowest BCUT2D eigenvalue weighted by atomic mass is 9.95. The molecule has 0 aliphatic carbocycles. The average Bonchev–Trinajstić information content (AvgIpc) is 2.47. The van der Waals surface area contributed by atoms with Gasteiger partial charge < -0.3 is 11.1 Å². The molecular formula is C9H11N5. The first-order chi connectivity index (χ1) is 6.86. The summed E-state index contributed by atoms with van der Waals surface area (Å²) in [5.74, 6) is 1.13. The number of fused-ring (bicyclic) bond motifs is 1. The Hall–Kier alpha value is -1.62. The van der Waals surface area contributed by atoms with E-state index in [-0.39, 0.29) is 0 Å². The number of aromatic nitrogens is 3. The summed E-state index contributed by atoms with van der Waals surface area (Å²) in [6, 6.07) is 2.08. The van der Waals surface area contributed by atoms with E-state index in [1.165, 1.54) is 11.9 Å². The Balaban J connectivity index is 2.23. The highest BCUT2D eigenvalue weighted by molar-refractivity contribution is 5.71. The molecule has 0 bridgehead atoms. The zero-order valence-electron chi connectivity index (χ0n) is 7.64. The topological polar surface area (TPSA) is 68.2 Å². The van der Waals surface area contributed by atoms with Crippen LogP contribution in [0.5, 0.6) is 0 Å². The van der Waals surface area contributed by atoms with Gasteiger partial charge in [0.25, 0.3) is 0 Å². The molecule has 72 valence electrons. The second kappa shape index (κ2) is 2.68. The highest BCUT2D eigenvalue weighted by Gasteiger charge is 2.23. The third-order valence-electron chi connectivity index (χ3n) is 2.73. The van der Waals surface area contributed by atoms with Crippen molar-refractivity contribution in [3.8, 4) is 0 Å². The molecule has 0 unspecified atom stereocenters. The Bertz CT molecular complexity index is 471. The molecule has 3 rings (SSSR count). The van der Waals surface area contributed by atoms with Crippen LogP contribution in [0.2, 0.25) is 0 Å². The molecule has 2 aromatic heterocycles. The lowest BCUT2D eigenvalue weighted by Crippen LogP contribution is -2.39. The molecular weight excluding hydrogens is 178 g/mol. The van der Waals surface area contributed by atoms with Gasteiger partial charge in [-0.2, -0.15) is 5.10 Å². The minimum atomic E-state index is 0.562. The summed E-state index contributed by atoms with van der Waals surface area (Å²) in [6.45, 7) is 2.04. The average molecular weight is 189 g/mol. The van der Waals surface area contributed by atoms with Crippen molar-refractivity contribution in [2.45, 2.75) is 5.92 Å². The molecule has 3 heterocycles. The van der Waals surface area contributed by atoms with Crippen molar-refractivity contribution in [2.24, 2.45) is 0 Å². The predicted molar refractivity (Wildman–Crippen MR) is 53.0 cm³/mol. The fourth-order valence-corrected chi connectivity index (χ4v) is 1.84. The Morgan fingerprint density at radius 2 is 2.36 bits per heavy atom. The van der Waals surface area contributed by atoms with E-state index in [1.54, 1.807) is 4.52 Å². The molecule has 1 aliphatic rings. The van der Waals surface area contributed by atoms with E-state index >= 15 is 0 Å². The van der Waals surface area contributed by atoms with Crippen molar-refractivity contribution in [3.63, 3.8) is 0 Å². The van der Waals surface area contributed by atoms with Gasteiger partial charge in [0.15, 0.2) is 5.82 Å². The second-order valence-electron chi connectivity index (χ2n) is 3.56. The molecule has 1 fully saturated rings. The molecule has 0 amide bonds. The summed E-state index contributed by atoms with van der Waals surface area (Å²) in [6.07, 6.45) is 3.41. The lowest BCUT2D eigenvalue weighted by molar-refractivity contribution is 0.451. The van der Waals surface area contributed by atoms with Crippen LogP contribution in [-0.2, 0) is 0 Å². The zero-order valence-corrected chi connectivity index (χ0v) is 7.64. The minimum Gasteiger partial charge on any atom is -0.382 e. The van der Waals surface area contributed by atoms with Crippen LogP contribution in [0, 0.1) is 0 Å². The first-order valence-corrected chi connectivity index (χ1v) is 4.64.